The molecule has 0 aromatic rings. The molecule has 0 amide bonds. The van der Waals surface area contributed by atoms with Crippen molar-refractivity contribution in [3.05, 3.63) is 12.2 Å². The smallest absolute Gasteiger partial charge is 0.334 e. The number of hydrogen-bond donors (Lipinski definition) is 0. The standard InChI is InChI=1S/C16H29NO2/c1-6-19-15(18)13(2)12-17-10-7-8-14(9-11-17)16(3,4)5/h14H,2,6-12H2,1,3-5H3. The number of rotatable bonds is 4. The van der Waals surface area contributed by atoms with E-state index in [1.165, 1.54) is 19.3 Å². The molecule has 0 N–H and O–H groups in total. The summed E-state index contributed by atoms with van der Waals surface area (Å²) in [5.74, 6) is 0.521. The highest BCUT2D eigenvalue weighted by Crippen LogP contribution is 2.34. The topological polar surface area (TPSA) is 29.5 Å². The van der Waals surface area contributed by atoms with Crippen molar-refractivity contribution in [2.75, 3.05) is 26.2 Å². The second kappa shape index (κ2) is 7.09. The summed E-state index contributed by atoms with van der Waals surface area (Å²) in [7, 11) is 0. The third kappa shape index (κ3) is 5.35. The van der Waals surface area contributed by atoms with Gasteiger partial charge >= 0.3 is 5.97 Å². The van der Waals surface area contributed by atoms with Crippen LogP contribution < -0.4 is 0 Å². The third-order valence-electron chi connectivity index (χ3n) is 4.02. The highest BCUT2D eigenvalue weighted by molar-refractivity contribution is 5.88. The van der Waals surface area contributed by atoms with Gasteiger partial charge in [0.1, 0.15) is 0 Å². The molecule has 3 nitrogen and oxygen atoms in total. The number of carbonyl (C=O) groups excluding carboxylic acids is 1. The Morgan fingerprint density at radius 2 is 2.00 bits per heavy atom. The normalized spacial score (nSPS) is 21.8. The Morgan fingerprint density at radius 3 is 2.58 bits per heavy atom. The van der Waals surface area contributed by atoms with E-state index in [1.807, 2.05) is 6.92 Å². The van der Waals surface area contributed by atoms with Crippen LogP contribution in [-0.2, 0) is 9.53 Å². The van der Waals surface area contributed by atoms with Gasteiger partial charge < -0.3 is 4.74 Å². The fourth-order valence-electron chi connectivity index (χ4n) is 2.75. The van der Waals surface area contributed by atoms with Crippen molar-refractivity contribution in [2.24, 2.45) is 11.3 Å². The highest BCUT2D eigenvalue weighted by atomic mass is 16.5. The molecule has 0 saturated carbocycles. The highest BCUT2D eigenvalue weighted by Gasteiger charge is 2.27. The van der Waals surface area contributed by atoms with E-state index in [4.69, 9.17) is 4.74 Å². The number of esters is 1. The predicted octanol–water partition coefficient (Wildman–Crippen LogP) is 3.25. The maximum Gasteiger partial charge on any atom is 0.334 e. The van der Waals surface area contributed by atoms with Crippen LogP contribution in [0.3, 0.4) is 0 Å². The van der Waals surface area contributed by atoms with Crippen LogP contribution in [0.25, 0.3) is 0 Å². The van der Waals surface area contributed by atoms with Crippen molar-refractivity contribution in [1.82, 2.24) is 4.90 Å². The summed E-state index contributed by atoms with van der Waals surface area (Å²) >= 11 is 0. The lowest BCUT2D eigenvalue weighted by Crippen LogP contribution is -2.30. The summed E-state index contributed by atoms with van der Waals surface area (Å²) < 4.78 is 4.99. The van der Waals surface area contributed by atoms with Crippen molar-refractivity contribution in [2.45, 2.75) is 47.0 Å². The van der Waals surface area contributed by atoms with E-state index < -0.39 is 0 Å². The molecular weight excluding hydrogens is 238 g/mol. The summed E-state index contributed by atoms with van der Waals surface area (Å²) in [5.41, 5.74) is 0.963. The number of hydrogen-bond acceptors (Lipinski definition) is 3. The van der Waals surface area contributed by atoms with Gasteiger partial charge in [-0.05, 0) is 50.6 Å². The van der Waals surface area contributed by atoms with Crippen LogP contribution in [0, 0.1) is 11.3 Å². The maximum absolute atomic E-state index is 11.6. The zero-order valence-electron chi connectivity index (χ0n) is 13.0. The quantitative estimate of drug-likeness (QED) is 0.578. The molecule has 1 fully saturated rings. The molecule has 1 aliphatic rings. The number of carbonyl (C=O) groups is 1. The molecule has 1 aliphatic heterocycles. The van der Waals surface area contributed by atoms with Gasteiger partial charge in [0.2, 0.25) is 0 Å². The lowest BCUT2D eigenvalue weighted by molar-refractivity contribution is -0.138. The molecule has 0 radical (unpaired) electrons. The molecular formula is C16H29NO2. The molecule has 0 aromatic heterocycles. The van der Waals surface area contributed by atoms with E-state index in [-0.39, 0.29) is 5.97 Å². The molecule has 1 atom stereocenters. The molecule has 19 heavy (non-hydrogen) atoms. The summed E-state index contributed by atoms with van der Waals surface area (Å²) in [6.07, 6.45) is 3.70. The number of nitrogens with zero attached hydrogens (tertiary/aromatic N) is 1. The second-order valence-corrected chi connectivity index (χ2v) is 6.59. The van der Waals surface area contributed by atoms with Crippen LogP contribution >= 0.6 is 0 Å². The van der Waals surface area contributed by atoms with E-state index in [2.05, 4.69) is 32.3 Å². The van der Waals surface area contributed by atoms with E-state index in [9.17, 15) is 4.79 Å². The Labute approximate surface area is 118 Å². The Morgan fingerprint density at radius 1 is 1.32 bits per heavy atom. The monoisotopic (exact) mass is 267 g/mol. The fraction of sp³-hybridized carbons (Fsp3) is 0.812. The zero-order chi connectivity index (χ0) is 14.5. The first kappa shape index (κ1) is 16.2. The van der Waals surface area contributed by atoms with Crippen molar-refractivity contribution in [3.63, 3.8) is 0 Å². The van der Waals surface area contributed by atoms with Crippen molar-refractivity contribution in [1.29, 1.82) is 0 Å². The molecule has 1 saturated heterocycles. The Bertz CT molecular complexity index is 317. The Balaban J connectivity index is 2.45. The van der Waals surface area contributed by atoms with Gasteiger partial charge in [0.25, 0.3) is 0 Å². The van der Waals surface area contributed by atoms with Gasteiger partial charge in [0, 0.05) is 12.1 Å². The lowest BCUT2D eigenvalue weighted by atomic mass is 9.77. The van der Waals surface area contributed by atoms with Gasteiger partial charge in [0.15, 0.2) is 0 Å². The van der Waals surface area contributed by atoms with Gasteiger partial charge in [0.05, 0.1) is 6.61 Å². The molecule has 110 valence electrons. The summed E-state index contributed by atoms with van der Waals surface area (Å²) in [6.45, 7) is 15.8. The van der Waals surface area contributed by atoms with E-state index in [0.29, 0.717) is 24.1 Å². The van der Waals surface area contributed by atoms with Gasteiger partial charge in [-0.3, -0.25) is 4.90 Å². The van der Waals surface area contributed by atoms with E-state index in [0.717, 1.165) is 19.0 Å². The van der Waals surface area contributed by atoms with Crippen LogP contribution in [0.1, 0.15) is 47.0 Å². The summed E-state index contributed by atoms with van der Waals surface area (Å²) in [6, 6.07) is 0. The average Bonchev–Trinajstić information content (AvgIpc) is 2.54. The van der Waals surface area contributed by atoms with Crippen LogP contribution in [0.4, 0.5) is 0 Å². The van der Waals surface area contributed by atoms with Gasteiger partial charge in [-0.2, -0.15) is 0 Å². The maximum atomic E-state index is 11.6. The van der Waals surface area contributed by atoms with Crippen LogP contribution in [0.5, 0.6) is 0 Å². The molecule has 1 heterocycles. The summed E-state index contributed by atoms with van der Waals surface area (Å²) in [4.78, 5) is 13.9. The van der Waals surface area contributed by atoms with Crippen molar-refractivity contribution in [3.8, 4) is 0 Å². The molecule has 1 unspecified atom stereocenters. The first-order valence-corrected chi connectivity index (χ1v) is 7.41. The molecule has 0 aliphatic carbocycles. The largest absolute Gasteiger partial charge is 0.463 e. The summed E-state index contributed by atoms with van der Waals surface area (Å²) in [5, 5.41) is 0. The molecule has 0 aromatic carbocycles. The third-order valence-corrected chi connectivity index (χ3v) is 4.02. The first-order chi connectivity index (χ1) is 8.84. The Kier molecular flexibility index (Phi) is 6.05. The molecule has 3 heteroatoms. The molecule has 1 rings (SSSR count). The van der Waals surface area contributed by atoms with Crippen LogP contribution in [0.2, 0.25) is 0 Å². The SMILES string of the molecule is C=C(CN1CCCC(C(C)(C)C)CC1)C(=O)OCC. The lowest BCUT2D eigenvalue weighted by Gasteiger charge is -2.29. The number of ether oxygens (including phenoxy) is 1. The Hall–Kier alpha value is -0.830. The minimum Gasteiger partial charge on any atom is -0.463 e. The fourth-order valence-corrected chi connectivity index (χ4v) is 2.75. The zero-order valence-corrected chi connectivity index (χ0v) is 13.0. The van der Waals surface area contributed by atoms with Crippen molar-refractivity contribution < 1.29 is 9.53 Å². The van der Waals surface area contributed by atoms with Gasteiger partial charge in [-0.15, -0.1) is 0 Å². The minimum atomic E-state index is -0.251. The van der Waals surface area contributed by atoms with Crippen LogP contribution in [0.15, 0.2) is 12.2 Å². The van der Waals surface area contributed by atoms with Crippen molar-refractivity contribution >= 4 is 5.97 Å². The second-order valence-electron chi connectivity index (χ2n) is 6.59. The van der Waals surface area contributed by atoms with E-state index >= 15 is 0 Å². The average molecular weight is 267 g/mol. The van der Waals surface area contributed by atoms with E-state index in [1.54, 1.807) is 0 Å². The number of likely N-dealkylation sites (tertiary alicyclic amines) is 1. The minimum absolute atomic E-state index is 0.251. The predicted molar refractivity (Wildman–Crippen MR) is 79.0 cm³/mol. The first-order valence-electron chi connectivity index (χ1n) is 7.41. The van der Waals surface area contributed by atoms with Gasteiger partial charge in [-0.1, -0.05) is 27.4 Å². The molecule has 0 bridgehead atoms. The molecule has 0 spiro atoms. The van der Waals surface area contributed by atoms with Crippen LogP contribution in [-0.4, -0.2) is 37.1 Å². The van der Waals surface area contributed by atoms with Gasteiger partial charge in [-0.25, -0.2) is 4.79 Å².